The Bertz CT molecular complexity index is 1380. The molecule has 0 bridgehead atoms. The van der Waals surface area contributed by atoms with Crippen LogP contribution in [0.3, 0.4) is 0 Å². The summed E-state index contributed by atoms with van der Waals surface area (Å²) < 4.78 is 33.8. The highest BCUT2D eigenvalue weighted by molar-refractivity contribution is 7.92. The zero-order chi connectivity index (χ0) is 23.4. The van der Waals surface area contributed by atoms with Crippen molar-refractivity contribution in [3.8, 4) is 16.9 Å². The number of rotatable bonds is 7. The lowest BCUT2D eigenvalue weighted by Crippen LogP contribution is -2.16. The molecule has 4 aromatic carbocycles. The number of benzene rings is 4. The summed E-state index contributed by atoms with van der Waals surface area (Å²) in [5, 5.41) is 0.334. The third kappa shape index (κ3) is 5.08. The molecule has 7 heteroatoms. The van der Waals surface area contributed by atoms with E-state index in [0.717, 1.165) is 16.9 Å². The van der Waals surface area contributed by atoms with Gasteiger partial charge in [0.05, 0.1) is 17.7 Å². The number of carbonyl (C=O) groups is 1. The van der Waals surface area contributed by atoms with Crippen molar-refractivity contribution in [2.75, 3.05) is 11.8 Å². The van der Waals surface area contributed by atoms with Crippen molar-refractivity contribution < 1.29 is 17.9 Å². The lowest BCUT2D eigenvalue weighted by atomic mass is 10.0. The van der Waals surface area contributed by atoms with Crippen molar-refractivity contribution in [1.29, 1.82) is 0 Å². The van der Waals surface area contributed by atoms with E-state index in [1.54, 1.807) is 49.6 Å². The lowest BCUT2D eigenvalue weighted by Gasteiger charge is -2.13. The average Bonchev–Trinajstić information content (AvgIpc) is 2.85. The first-order valence-electron chi connectivity index (χ1n) is 10.0. The van der Waals surface area contributed by atoms with Crippen LogP contribution < -0.4 is 9.46 Å². The second-order valence-electron chi connectivity index (χ2n) is 7.24. The van der Waals surface area contributed by atoms with Crippen molar-refractivity contribution in [3.05, 3.63) is 113 Å². The SMILES string of the molecule is COc1ccc(-c2ccc(S(=O)(=O)Nc3ccc(Cl)cc3C(=O)c3ccccc3)cc2)cc1. The Morgan fingerprint density at radius 1 is 0.818 bits per heavy atom. The highest BCUT2D eigenvalue weighted by Gasteiger charge is 2.20. The number of methoxy groups -OCH3 is 1. The molecule has 0 saturated carbocycles. The van der Waals surface area contributed by atoms with Crippen molar-refractivity contribution in [1.82, 2.24) is 0 Å². The van der Waals surface area contributed by atoms with Crippen LogP contribution in [-0.2, 0) is 10.0 Å². The largest absolute Gasteiger partial charge is 0.497 e. The molecule has 166 valence electrons. The maximum atomic E-state index is 13.1. The third-order valence-corrected chi connectivity index (χ3v) is 6.71. The molecule has 0 saturated heterocycles. The molecule has 0 atom stereocenters. The summed E-state index contributed by atoms with van der Waals surface area (Å²) in [4.78, 5) is 13.1. The molecule has 0 radical (unpaired) electrons. The maximum Gasteiger partial charge on any atom is 0.261 e. The van der Waals surface area contributed by atoms with Crippen LogP contribution in [0.5, 0.6) is 5.75 Å². The van der Waals surface area contributed by atoms with Crippen LogP contribution >= 0.6 is 11.6 Å². The zero-order valence-corrected chi connectivity index (χ0v) is 19.2. The van der Waals surface area contributed by atoms with E-state index >= 15 is 0 Å². The van der Waals surface area contributed by atoms with Crippen LogP contribution in [-0.4, -0.2) is 21.3 Å². The summed E-state index contributed by atoms with van der Waals surface area (Å²) >= 11 is 6.09. The number of hydrogen-bond donors (Lipinski definition) is 1. The molecule has 1 N–H and O–H groups in total. The quantitative estimate of drug-likeness (QED) is 0.329. The molecular formula is C26H20ClNO4S. The van der Waals surface area contributed by atoms with Gasteiger partial charge in [-0.25, -0.2) is 8.42 Å². The highest BCUT2D eigenvalue weighted by Crippen LogP contribution is 2.28. The number of anilines is 1. The summed E-state index contributed by atoms with van der Waals surface area (Å²) in [6, 6.07) is 27.1. The highest BCUT2D eigenvalue weighted by atomic mass is 35.5. The van der Waals surface area contributed by atoms with Gasteiger partial charge in [0.15, 0.2) is 5.78 Å². The van der Waals surface area contributed by atoms with E-state index in [9.17, 15) is 13.2 Å². The van der Waals surface area contributed by atoms with Gasteiger partial charge in [-0.2, -0.15) is 0 Å². The molecule has 0 unspecified atom stereocenters. The van der Waals surface area contributed by atoms with Crippen LogP contribution in [0.25, 0.3) is 11.1 Å². The molecule has 0 amide bonds. The lowest BCUT2D eigenvalue weighted by molar-refractivity contribution is 0.103. The summed E-state index contributed by atoms with van der Waals surface area (Å²) in [6.45, 7) is 0. The fraction of sp³-hybridized carbons (Fsp3) is 0.0385. The monoisotopic (exact) mass is 477 g/mol. The summed E-state index contributed by atoms with van der Waals surface area (Å²) in [6.07, 6.45) is 0. The van der Waals surface area contributed by atoms with Gasteiger partial charge in [0, 0.05) is 16.1 Å². The number of ketones is 1. The van der Waals surface area contributed by atoms with Gasteiger partial charge in [-0.3, -0.25) is 9.52 Å². The van der Waals surface area contributed by atoms with Crippen molar-refractivity contribution in [3.63, 3.8) is 0 Å². The first-order valence-corrected chi connectivity index (χ1v) is 11.9. The van der Waals surface area contributed by atoms with Crippen molar-refractivity contribution in [2.24, 2.45) is 0 Å². The minimum Gasteiger partial charge on any atom is -0.497 e. The molecule has 33 heavy (non-hydrogen) atoms. The third-order valence-electron chi connectivity index (χ3n) is 5.09. The summed E-state index contributed by atoms with van der Waals surface area (Å²) in [5.41, 5.74) is 2.56. The van der Waals surface area contributed by atoms with Crippen molar-refractivity contribution >= 4 is 33.1 Å². The van der Waals surface area contributed by atoms with Gasteiger partial charge in [0.2, 0.25) is 0 Å². The predicted octanol–water partition coefficient (Wildman–Crippen LogP) is 6.05. The fourth-order valence-corrected chi connectivity index (χ4v) is 4.60. The summed E-state index contributed by atoms with van der Waals surface area (Å²) in [7, 11) is -2.34. The molecule has 4 aromatic rings. The molecule has 0 aliphatic heterocycles. The van der Waals surface area contributed by atoms with Crippen molar-refractivity contribution in [2.45, 2.75) is 4.90 Å². The van der Waals surface area contributed by atoms with E-state index < -0.39 is 10.0 Å². The molecule has 0 spiro atoms. The molecule has 0 aliphatic rings. The number of hydrogen-bond acceptors (Lipinski definition) is 4. The second kappa shape index (κ2) is 9.48. The van der Waals surface area contributed by atoms with Gasteiger partial charge in [0.25, 0.3) is 10.0 Å². The molecular weight excluding hydrogens is 458 g/mol. The number of carbonyl (C=O) groups excluding carboxylic acids is 1. The topological polar surface area (TPSA) is 72.5 Å². The van der Waals surface area contributed by atoms with E-state index in [0.29, 0.717) is 10.6 Å². The second-order valence-corrected chi connectivity index (χ2v) is 9.36. The smallest absolute Gasteiger partial charge is 0.261 e. The molecule has 0 aliphatic carbocycles. The predicted molar refractivity (Wildman–Crippen MR) is 131 cm³/mol. The van der Waals surface area contributed by atoms with Gasteiger partial charge >= 0.3 is 0 Å². The minimum absolute atomic E-state index is 0.0767. The Morgan fingerprint density at radius 2 is 1.42 bits per heavy atom. The van der Waals surface area contributed by atoms with E-state index in [2.05, 4.69) is 4.72 Å². The minimum atomic E-state index is -3.94. The fourth-order valence-electron chi connectivity index (χ4n) is 3.35. The van der Waals surface area contributed by atoms with E-state index in [4.69, 9.17) is 16.3 Å². The number of ether oxygens (including phenoxy) is 1. The van der Waals surface area contributed by atoms with E-state index in [-0.39, 0.29) is 21.9 Å². The van der Waals surface area contributed by atoms with E-state index in [1.807, 2.05) is 24.3 Å². The Hall–Kier alpha value is -3.61. The summed E-state index contributed by atoms with van der Waals surface area (Å²) in [5.74, 6) is 0.414. The van der Waals surface area contributed by atoms with Gasteiger partial charge < -0.3 is 4.74 Å². The molecule has 0 aromatic heterocycles. The number of halogens is 1. The van der Waals surface area contributed by atoms with Gasteiger partial charge in [-0.1, -0.05) is 66.2 Å². The van der Waals surface area contributed by atoms with E-state index in [1.165, 1.54) is 30.3 Å². The van der Waals surface area contributed by atoms with Crippen LogP contribution in [0, 0.1) is 0 Å². The molecule has 0 heterocycles. The standard InChI is InChI=1S/C26H20ClNO4S/c1-32-22-12-7-18(8-13-22)19-9-14-23(15-10-19)33(30,31)28-25-16-11-21(27)17-24(25)26(29)20-5-3-2-4-6-20/h2-17,28H,1H3. The molecule has 5 nitrogen and oxygen atoms in total. The first-order chi connectivity index (χ1) is 15.9. The Balaban J connectivity index is 1.62. The normalized spacial score (nSPS) is 11.1. The molecule has 4 rings (SSSR count). The average molecular weight is 478 g/mol. The van der Waals surface area contributed by atoms with Crippen LogP contribution in [0.15, 0.2) is 102 Å². The Labute approximate surface area is 197 Å². The van der Waals surface area contributed by atoms with Gasteiger partial charge in [-0.05, 0) is 53.6 Å². The first kappa shape index (κ1) is 22.6. The Morgan fingerprint density at radius 3 is 2.03 bits per heavy atom. The number of nitrogens with one attached hydrogen (secondary N) is 1. The van der Waals surface area contributed by atoms with Crippen LogP contribution in [0.1, 0.15) is 15.9 Å². The zero-order valence-electron chi connectivity index (χ0n) is 17.7. The van der Waals surface area contributed by atoms with Crippen LogP contribution in [0.4, 0.5) is 5.69 Å². The van der Waals surface area contributed by atoms with Gasteiger partial charge in [-0.15, -0.1) is 0 Å². The van der Waals surface area contributed by atoms with Crippen LogP contribution in [0.2, 0.25) is 5.02 Å². The van der Waals surface area contributed by atoms with Gasteiger partial charge in [0.1, 0.15) is 5.75 Å². The Kier molecular flexibility index (Phi) is 6.49. The molecule has 0 fully saturated rings. The maximum absolute atomic E-state index is 13.1. The number of sulfonamides is 1.